The number of halogens is 2. The van der Waals surface area contributed by atoms with E-state index >= 15 is 0 Å². The first-order valence-electron chi connectivity index (χ1n) is 9.67. The molecular formula is C25H23Cl2NO3. The minimum Gasteiger partial charge on any atom is -0.493 e. The summed E-state index contributed by atoms with van der Waals surface area (Å²) in [6.07, 6.45) is 3.21. The summed E-state index contributed by atoms with van der Waals surface area (Å²) in [5.41, 5.74) is 4.41. The highest BCUT2D eigenvalue weighted by Gasteiger charge is 2.10. The number of anilines is 1. The second kappa shape index (κ2) is 10.4. The van der Waals surface area contributed by atoms with Gasteiger partial charge in [-0.2, -0.15) is 0 Å². The number of methoxy groups -OCH3 is 1. The highest BCUT2D eigenvalue weighted by atomic mass is 35.5. The molecule has 0 heterocycles. The normalized spacial score (nSPS) is 10.9. The Morgan fingerprint density at radius 2 is 1.74 bits per heavy atom. The standard InChI is InChI=1S/C25H23Cl2NO3/c1-16-7-8-17(2)22(13-16)28-25(29)12-10-18-9-11-23(24(14-18)30-3)31-15-19-20(26)5-4-6-21(19)27/h4-14H,15H2,1-3H3,(H,28,29)/b12-10+. The van der Waals surface area contributed by atoms with Crippen molar-refractivity contribution in [1.29, 1.82) is 0 Å². The fourth-order valence-electron chi connectivity index (χ4n) is 2.94. The van der Waals surface area contributed by atoms with Crippen LogP contribution in [0, 0.1) is 13.8 Å². The van der Waals surface area contributed by atoms with Crippen LogP contribution >= 0.6 is 23.2 Å². The largest absolute Gasteiger partial charge is 0.493 e. The number of carbonyl (C=O) groups excluding carboxylic acids is 1. The summed E-state index contributed by atoms with van der Waals surface area (Å²) in [7, 11) is 1.56. The van der Waals surface area contributed by atoms with Gasteiger partial charge in [-0.15, -0.1) is 0 Å². The van der Waals surface area contributed by atoms with Gasteiger partial charge in [-0.25, -0.2) is 0 Å². The first-order chi connectivity index (χ1) is 14.9. The van der Waals surface area contributed by atoms with Crippen molar-refractivity contribution in [1.82, 2.24) is 0 Å². The number of nitrogens with one attached hydrogen (secondary N) is 1. The summed E-state index contributed by atoms with van der Waals surface area (Å²) >= 11 is 12.4. The van der Waals surface area contributed by atoms with Gasteiger partial charge in [0.2, 0.25) is 5.91 Å². The van der Waals surface area contributed by atoms with Gasteiger partial charge >= 0.3 is 0 Å². The number of rotatable bonds is 7. The molecule has 3 rings (SSSR count). The maximum absolute atomic E-state index is 12.3. The first-order valence-corrected chi connectivity index (χ1v) is 10.4. The van der Waals surface area contributed by atoms with E-state index in [-0.39, 0.29) is 12.5 Å². The molecule has 0 aliphatic rings. The molecule has 0 aliphatic heterocycles. The maximum atomic E-state index is 12.3. The molecule has 0 saturated heterocycles. The first kappa shape index (κ1) is 22.7. The van der Waals surface area contributed by atoms with Crippen LogP contribution in [0.2, 0.25) is 10.0 Å². The zero-order valence-corrected chi connectivity index (χ0v) is 19.1. The smallest absolute Gasteiger partial charge is 0.248 e. The molecule has 0 bridgehead atoms. The number of aryl methyl sites for hydroxylation is 2. The topological polar surface area (TPSA) is 47.6 Å². The molecule has 0 atom stereocenters. The molecule has 0 aliphatic carbocycles. The lowest BCUT2D eigenvalue weighted by molar-refractivity contribution is -0.111. The highest BCUT2D eigenvalue weighted by molar-refractivity contribution is 6.35. The maximum Gasteiger partial charge on any atom is 0.248 e. The fourth-order valence-corrected chi connectivity index (χ4v) is 3.45. The molecule has 1 N–H and O–H groups in total. The minimum absolute atomic E-state index is 0.207. The van der Waals surface area contributed by atoms with Crippen molar-refractivity contribution in [2.45, 2.75) is 20.5 Å². The molecule has 0 spiro atoms. The summed E-state index contributed by atoms with van der Waals surface area (Å²) in [6.45, 7) is 4.15. The van der Waals surface area contributed by atoms with Crippen molar-refractivity contribution in [2.75, 3.05) is 12.4 Å². The summed E-state index contributed by atoms with van der Waals surface area (Å²) in [5, 5.41) is 3.99. The second-order valence-corrected chi connectivity index (χ2v) is 7.85. The van der Waals surface area contributed by atoms with Crippen LogP contribution in [0.3, 0.4) is 0 Å². The van der Waals surface area contributed by atoms with Crippen LogP contribution in [0.25, 0.3) is 6.08 Å². The van der Waals surface area contributed by atoms with Crippen LogP contribution in [0.4, 0.5) is 5.69 Å². The number of carbonyl (C=O) groups is 1. The Kier molecular flexibility index (Phi) is 7.61. The molecule has 3 aromatic carbocycles. The Morgan fingerprint density at radius 1 is 1.00 bits per heavy atom. The van der Waals surface area contributed by atoms with Crippen molar-refractivity contribution in [3.63, 3.8) is 0 Å². The number of ether oxygens (including phenoxy) is 2. The van der Waals surface area contributed by atoms with Crippen molar-refractivity contribution >= 4 is 40.9 Å². The van der Waals surface area contributed by atoms with E-state index < -0.39 is 0 Å². The molecule has 1 amide bonds. The van der Waals surface area contributed by atoms with Gasteiger partial charge in [-0.05, 0) is 66.9 Å². The van der Waals surface area contributed by atoms with Crippen LogP contribution in [-0.4, -0.2) is 13.0 Å². The Labute approximate surface area is 192 Å². The van der Waals surface area contributed by atoms with E-state index in [9.17, 15) is 4.79 Å². The Morgan fingerprint density at radius 3 is 2.45 bits per heavy atom. The van der Waals surface area contributed by atoms with E-state index in [4.69, 9.17) is 32.7 Å². The van der Waals surface area contributed by atoms with E-state index in [1.807, 2.05) is 38.1 Å². The molecule has 160 valence electrons. The van der Waals surface area contributed by atoms with Gasteiger partial charge in [-0.3, -0.25) is 4.79 Å². The zero-order chi connectivity index (χ0) is 22.4. The lowest BCUT2D eigenvalue weighted by atomic mass is 10.1. The third-order valence-electron chi connectivity index (χ3n) is 4.70. The van der Waals surface area contributed by atoms with Gasteiger partial charge in [0.1, 0.15) is 6.61 Å². The average molecular weight is 456 g/mol. The molecule has 0 saturated carbocycles. The van der Waals surface area contributed by atoms with E-state index in [1.54, 1.807) is 43.5 Å². The van der Waals surface area contributed by atoms with E-state index in [1.165, 1.54) is 6.08 Å². The molecule has 6 heteroatoms. The SMILES string of the molecule is COc1cc(/C=C/C(=O)Nc2cc(C)ccc2C)ccc1OCc1c(Cl)cccc1Cl. The molecule has 4 nitrogen and oxygen atoms in total. The van der Waals surface area contributed by atoms with Crippen molar-refractivity contribution < 1.29 is 14.3 Å². The molecule has 31 heavy (non-hydrogen) atoms. The summed E-state index contributed by atoms with van der Waals surface area (Å²) < 4.78 is 11.3. The molecule has 0 unspecified atom stereocenters. The predicted octanol–water partition coefficient (Wildman–Crippen LogP) is 6.85. The van der Waals surface area contributed by atoms with Gasteiger partial charge in [0, 0.05) is 27.4 Å². The monoisotopic (exact) mass is 455 g/mol. The number of hydrogen-bond acceptors (Lipinski definition) is 3. The molecule has 0 fully saturated rings. The van der Waals surface area contributed by atoms with Gasteiger partial charge < -0.3 is 14.8 Å². The Balaban J connectivity index is 1.69. The summed E-state index contributed by atoms with van der Waals surface area (Å²) in [6, 6.07) is 16.7. The van der Waals surface area contributed by atoms with Gasteiger partial charge in [-0.1, -0.05) is 47.5 Å². The highest BCUT2D eigenvalue weighted by Crippen LogP contribution is 2.31. The van der Waals surface area contributed by atoms with Crippen LogP contribution < -0.4 is 14.8 Å². The molecule has 0 radical (unpaired) electrons. The van der Waals surface area contributed by atoms with Gasteiger partial charge in [0.25, 0.3) is 0 Å². The third-order valence-corrected chi connectivity index (χ3v) is 5.41. The predicted molar refractivity (Wildman–Crippen MR) is 127 cm³/mol. The zero-order valence-electron chi connectivity index (χ0n) is 17.5. The Hall–Kier alpha value is -2.95. The number of amides is 1. The molecule has 0 aromatic heterocycles. The minimum atomic E-state index is -0.207. The lowest BCUT2D eigenvalue weighted by Gasteiger charge is -2.13. The Bertz CT molecular complexity index is 1110. The second-order valence-electron chi connectivity index (χ2n) is 7.04. The summed E-state index contributed by atoms with van der Waals surface area (Å²) in [4.78, 5) is 12.3. The fraction of sp³-hybridized carbons (Fsp3) is 0.160. The summed E-state index contributed by atoms with van der Waals surface area (Å²) in [5.74, 6) is 0.886. The van der Waals surface area contributed by atoms with E-state index in [2.05, 4.69) is 5.32 Å². The van der Waals surface area contributed by atoms with Crippen molar-refractivity contribution in [3.8, 4) is 11.5 Å². The number of benzene rings is 3. The van der Waals surface area contributed by atoms with Crippen LogP contribution in [-0.2, 0) is 11.4 Å². The van der Waals surface area contributed by atoms with Gasteiger partial charge in [0.05, 0.1) is 7.11 Å². The van der Waals surface area contributed by atoms with Gasteiger partial charge in [0.15, 0.2) is 11.5 Å². The van der Waals surface area contributed by atoms with E-state index in [0.717, 1.165) is 22.4 Å². The average Bonchev–Trinajstić information content (AvgIpc) is 2.75. The van der Waals surface area contributed by atoms with Crippen molar-refractivity contribution in [3.05, 3.63) is 93.0 Å². The molecular weight excluding hydrogens is 433 g/mol. The lowest BCUT2D eigenvalue weighted by Crippen LogP contribution is -2.09. The van der Waals surface area contributed by atoms with Crippen LogP contribution in [0.15, 0.2) is 60.7 Å². The molecule has 3 aromatic rings. The van der Waals surface area contributed by atoms with Crippen LogP contribution in [0.5, 0.6) is 11.5 Å². The van der Waals surface area contributed by atoms with E-state index in [0.29, 0.717) is 27.1 Å². The van der Waals surface area contributed by atoms with Crippen molar-refractivity contribution in [2.24, 2.45) is 0 Å². The number of hydrogen-bond donors (Lipinski definition) is 1. The third kappa shape index (κ3) is 6.03. The quantitative estimate of drug-likeness (QED) is 0.396. The van der Waals surface area contributed by atoms with Crippen LogP contribution in [0.1, 0.15) is 22.3 Å².